The van der Waals surface area contributed by atoms with E-state index in [1.807, 2.05) is 43.3 Å². The molecular weight excluding hydrogens is 236 g/mol. The van der Waals surface area contributed by atoms with Crippen molar-refractivity contribution in [2.24, 2.45) is 0 Å². The van der Waals surface area contributed by atoms with E-state index in [0.717, 1.165) is 28.3 Å². The van der Waals surface area contributed by atoms with Crippen molar-refractivity contribution in [1.29, 1.82) is 0 Å². The fraction of sp³-hybridized carbons (Fsp3) is 0.0625. The van der Waals surface area contributed by atoms with Gasteiger partial charge in [0, 0.05) is 28.9 Å². The molecule has 0 radical (unpaired) electrons. The Morgan fingerprint density at radius 2 is 2.05 bits per heavy atom. The van der Waals surface area contributed by atoms with Crippen LogP contribution >= 0.6 is 0 Å². The van der Waals surface area contributed by atoms with E-state index < -0.39 is 0 Å². The lowest BCUT2D eigenvalue weighted by atomic mass is 10.0. The number of para-hydroxylation sites is 1. The number of aromatic nitrogens is 2. The maximum Gasteiger partial charge on any atom is 0.152 e. The summed E-state index contributed by atoms with van der Waals surface area (Å²) in [5, 5.41) is 0.981. The minimum Gasteiger partial charge on any atom is -0.298 e. The highest BCUT2D eigenvalue weighted by Gasteiger charge is 2.09. The van der Waals surface area contributed by atoms with Crippen LogP contribution in [0.25, 0.3) is 22.2 Å². The molecule has 0 atom stereocenters. The molecule has 2 heterocycles. The van der Waals surface area contributed by atoms with Crippen molar-refractivity contribution in [3.05, 3.63) is 59.9 Å². The van der Waals surface area contributed by atoms with Crippen LogP contribution in [0.2, 0.25) is 0 Å². The van der Waals surface area contributed by atoms with Gasteiger partial charge in [-0.2, -0.15) is 0 Å². The molecule has 19 heavy (non-hydrogen) atoms. The Morgan fingerprint density at radius 3 is 2.79 bits per heavy atom. The molecule has 0 aliphatic carbocycles. The number of benzene rings is 1. The normalized spacial score (nSPS) is 10.6. The third kappa shape index (κ3) is 1.99. The highest BCUT2D eigenvalue weighted by Crippen LogP contribution is 2.25. The summed E-state index contributed by atoms with van der Waals surface area (Å²) in [4.78, 5) is 20.0. The van der Waals surface area contributed by atoms with Crippen LogP contribution in [0.15, 0.2) is 48.8 Å². The Balaban J connectivity index is 2.35. The van der Waals surface area contributed by atoms with Crippen molar-refractivity contribution >= 4 is 17.2 Å². The number of hydrogen-bond donors (Lipinski definition) is 0. The zero-order chi connectivity index (χ0) is 13.2. The van der Waals surface area contributed by atoms with E-state index in [4.69, 9.17) is 0 Å². The van der Waals surface area contributed by atoms with Crippen molar-refractivity contribution in [2.75, 3.05) is 0 Å². The van der Waals surface area contributed by atoms with Gasteiger partial charge in [0.1, 0.15) is 0 Å². The molecular formula is C16H12N2O. The van der Waals surface area contributed by atoms with Crippen LogP contribution in [0.1, 0.15) is 15.9 Å². The number of aldehydes is 1. The minimum atomic E-state index is 0.589. The van der Waals surface area contributed by atoms with E-state index in [2.05, 4.69) is 9.97 Å². The molecule has 0 saturated heterocycles. The lowest BCUT2D eigenvalue weighted by molar-refractivity contribution is 0.112. The molecule has 3 aromatic rings. The van der Waals surface area contributed by atoms with Gasteiger partial charge in [-0.25, -0.2) is 4.98 Å². The van der Waals surface area contributed by atoms with Gasteiger partial charge in [-0.3, -0.25) is 9.78 Å². The standard InChI is InChI=1S/C16H12N2O/c1-11-4-2-5-12-8-14(10-19)16(18-15(11)12)13-6-3-7-17-9-13/h2-10H,1H3. The van der Waals surface area contributed by atoms with Gasteiger partial charge in [0.25, 0.3) is 0 Å². The molecule has 0 bridgehead atoms. The molecule has 0 fully saturated rings. The van der Waals surface area contributed by atoms with Crippen molar-refractivity contribution in [3.63, 3.8) is 0 Å². The average Bonchev–Trinajstić information content (AvgIpc) is 2.47. The van der Waals surface area contributed by atoms with Crippen LogP contribution in [0.5, 0.6) is 0 Å². The number of hydrogen-bond acceptors (Lipinski definition) is 3. The van der Waals surface area contributed by atoms with E-state index >= 15 is 0 Å². The van der Waals surface area contributed by atoms with Gasteiger partial charge in [0.2, 0.25) is 0 Å². The number of aryl methyl sites for hydroxylation is 1. The Bertz CT molecular complexity index is 751. The van der Waals surface area contributed by atoms with E-state index in [-0.39, 0.29) is 0 Å². The van der Waals surface area contributed by atoms with E-state index in [9.17, 15) is 4.79 Å². The first-order chi connectivity index (χ1) is 9.29. The SMILES string of the molecule is Cc1cccc2cc(C=O)c(-c3cccnc3)nc12. The molecule has 2 aromatic heterocycles. The number of pyridine rings is 2. The zero-order valence-electron chi connectivity index (χ0n) is 10.5. The maximum absolute atomic E-state index is 11.3. The molecule has 0 aliphatic rings. The van der Waals surface area contributed by atoms with Gasteiger partial charge in [-0.1, -0.05) is 18.2 Å². The second-order valence-corrected chi connectivity index (χ2v) is 4.43. The number of nitrogens with zero attached hydrogens (tertiary/aromatic N) is 2. The van der Waals surface area contributed by atoms with Crippen LogP contribution in [0, 0.1) is 6.92 Å². The highest BCUT2D eigenvalue weighted by atomic mass is 16.1. The molecule has 3 rings (SSSR count). The Morgan fingerprint density at radius 1 is 1.16 bits per heavy atom. The molecule has 0 saturated carbocycles. The van der Waals surface area contributed by atoms with Crippen molar-refractivity contribution in [1.82, 2.24) is 9.97 Å². The molecule has 0 N–H and O–H groups in total. The number of carbonyl (C=O) groups is 1. The summed E-state index contributed by atoms with van der Waals surface area (Å²) in [5.74, 6) is 0. The first-order valence-electron chi connectivity index (χ1n) is 6.05. The summed E-state index contributed by atoms with van der Waals surface area (Å²) in [6, 6.07) is 11.6. The fourth-order valence-corrected chi connectivity index (χ4v) is 2.19. The monoisotopic (exact) mass is 248 g/mol. The quantitative estimate of drug-likeness (QED) is 0.653. The fourth-order valence-electron chi connectivity index (χ4n) is 2.19. The molecule has 3 nitrogen and oxygen atoms in total. The van der Waals surface area contributed by atoms with Crippen LogP contribution < -0.4 is 0 Å². The zero-order valence-corrected chi connectivity index (χ0v) is 10.5. The van der Waals surface area contributed by atoms with Gasteiger partial charge < -0.3 is 0 Å². The molecule has 92 valence electrons. The summed E-state index contributed by atoms with van der Waals surface area (Å²) in [6.07, 6.45) is 4.27. The number of carbonyl (C=O) groups excluding carboxylic acids is 1. The molecule has 0 unspecified atom stereocenters. The van der Waals surface area contributed by atoms with E-state index in [1.54, 1.807) is 12.4 Å². The smallest absolute Gasteiger partial charge is 0.152 e. The van der Waals surface area contributed by atoms with E-state index in [0.29, 0.717) is 11.3 Å². The van der Waals surface area contributed by atoms with Crippen molar-refractivity contribution < 1.29 is 4.79 Å². The van der Waals surface area contributed by atoms with Crippen molar-refractivity contribution in [3.8, 4) is 11.3 Å². The summed E-state index contributed by atoms with van der Waals surface area (Å²) >= 11 is 0. The maximum atomic E-state index is 11.3. The minimum absolute atomic E-state index is 0.589. The van der Waals surface area contributed by atoms with Crippen LogP contribution in [-0.2, 0) is 0 Å². The van der Waals surface area contributed by atoms with Gasteiger partial charge in [-0.05, 0) is 30.7 Å². The van der Waals surface area contributed by atoms with Gasteiger partial charge in [-0.15, -0.1) is 0 Å². The summed E-state index contributed by atoms with van der Waals surface area (Å²) in [7, 11) is 0. The third-order valence-electron chi connectivity index (χ3n) is 3.14. The topological polar surface area (TPSA) is 42.9 Å². The van der Waals surface area contributed by atoms with Gasteiger partial charge >= 0.3 is 0 Å². The van der Waals surface area contributed by atoms with Crippen molar-refractivity contribution in [2.45, 2.75) is 6.92 Å². The van der Waals surface area contributed by atoms with Gasteiger partial charge in [0.15, 0.2) is 6.29 Å². The summed E-state index contributed by atoms with van der Waals surface area (Å²) in [5.41, 5.74) is 4.15. The third-order valence-corrected chi connectivity index (χ3v) is 3.14. The second kappa shape index (κ2) is 4.61. The molecule has 1 aromatic carbocycles. The predicted molar refractivity (Wildman–Crippen MR) is 75.1 cm³/mol. The lowest BCUT2D eigenvalue weighted by Gasteiger charge is -2.08. The lowest BCUT2D eigenvalue weighted by Crippen LogP contribution is -1.95. The first kappa shape index (κ1) is 11.5. The van der Waals surface area contributed by atoms with Crippen LogP contribution in [0.3, 0.4) is 0 Å². The largest absolute Gasteiger partial charge is 0.298 e. The van der Waals surface area contributed by atoms with Gasteiger partial charge in [0.05, 0.1) is 11.2 Å². The second-order valence-electron chi connectivity index (χ2n) is 4.43. The summed E-state index contributed by atoms with van der Waals surface area (Å²) in [6.45, 7) is 2.02. The van der Waals surface area contributed by atoms with Crippen LogP contribution in [0.4, 0.5) is 0 Å². The van der Waals surface area contributed by atoms with E-state index in [1.165, 1.54) is 0 Å². The predicted octanol–water partition coefficient (Wildman–Crippen LogP) is 3.42. The molecule has 0 amide bonds. The Hall–Kier alpha value is -2.55. The first-order valence-corrected chi connectivity index (χ1v) is 6.05. The number of fused-ring (bicyclic) bond motifs is 1. The summed E-state index contributed by atoms with van der Waals surface area (Å²) < 4.78 is 0. The van der Waals surface area contributed by atoms with Crippen LogP contribution in [-0.4, -0.2) is 16.3 Å². The highest BCUT2D eigenvalue weighted by molar-refractivity contribution is 5.94. The molecule has 0 aliphatic heterocycles. The number of rotatable bonds is 2. The Kier molecular flexibility index (Phi) is 2.80. The molecule has 3 heteroatoms. The average molecular weight is 248 g/mol. The Labute approximate surface area is 111 Å². The molecule has 0 spiro atoms.